The van der Waals surface area contributed by atoms with Crippen molar-refractivity contribution in [1.82, 2.24) is 15.0 Å². The van der Waals surface area contributed by atoms with E-state index in [4.69, 9.17) is 15.0 Å². The lowest BCUT2D eigenvalue weighted by Crippen LogP contribution is -1.96. The molecule has 0 bridgehead atoms. The van der Waals surface area contributed by atoms with Crippen LogP contribution in [-0.4, -0.2) is 15.0 Å². The van der Waals surface area contributed by atoms with Crippen LogP contribution >= 0.6 is 11.3 Å². The van der Waals surface area contributed by atoms with E-state index >= 15 is 0 Å². The molecule has 7 aromatic carbocycles. The molecule has 0 spiro atoms. The van der Waals surface area contributed by atoms with Gasteiger partial charge in [-0.05, 0) is 46.2 Å². The van der Waals surface area contributed by atoms with Crippen molar-refractivity contribution in [3.63, 3.8) is 0 Å². The number of hydrogen-bond acceptors (Lipinski definition) is 4. The Bertz CT molecular complexity index is 2840. The molecule has 4 heteroatoms. The van der Waals surface area contributed by atoms with Gasteiger partial charge in [0.15, 0.2) is 5.82 Å². The Morgan fingerprint density at radius 2 is 1.02 bits per heavy atom. The molecular weight excluding hydrogens is 639 g/mol. The first-order valence-electron chi connectivity index (χ1n) is 17.1. The summed E-state index contributed by atoms with van der Waals surface area (Å²) < 4.78 is 2.45. The Morgan fingerprint density at radius 3 is 1.76 bits per heavy atom. The van der Waals surface area contributed by atoms with E-state index in [2.05, 4.69) is 140 Å². The van der Waals surface area contributed by atoms with E-state index in [1.165, 1.54) is 47.5 Å². The average molecular weight is 668 g/mol. The van der Waals surface area contributed by atoms with Crippen molar-refractivity contribution < 1.29 is 0 Å². The van der Waals surface area contributed by atoms with E-state index in [0.29, 0.717) is 5.82 Å². The second-order valence-electron chi connectivity index (χ2n) is 12.8. The summed E-state index contributed by atoms with van der Waals surface area (Å²) in [7, 11) is 0. The van der Waals surface area contributed by atoms with Crippen molar-refractivity contribution >= 4 is 53.2 Å². The summed E-state index contributed by atoms with van der Waals surface area (Å²) in [6.07, 6.45) is 0. The van der Waals surface area contributed by atoms with E-state index in [1.807, 2.05) is 47.7 Å². The van der Waals surface area contributed by atoms with Gasteiger partial charge in [0, 0.05) is 43.1 Å². The molecule has 0 saturated heterocycles. The summed E-state index contributed by atoms with van der Waals surface area (Å²) in [5.74, 6) is 0.695. The number of aromatic nitrogens is 3. The standard InChI is InChI=1S/C47H29N3S/c1-3-13-31(14-4-1)40-29-41(32-15-5-2-6-16-32)50-47(49-40)34-25-23-33(24-26-34)45-46-44(38-18-9-10-21-42(38)51-46)43-37(19-11-20-39(43)48-45)36-27-22-30-12-7-8-17-35(30)28-36/h1-29H. The summed E-state index contributed by atoms with van der Waals surface area (Å²) in [6.45, 7) is 0. The van der Waals surface area contributed by atoms with Gasteiger partial charge in [0.1, 0.15) is 0 Å². The zero-order chi connectivity index (χ0) is 33.7. The SMILES string of the molecule is c1ccc(-c2cc(-c3ccccc3)nc(-c3ccc(-c4nc5cccc(-c6ccc7ccccc7c6)c5c5c4sc4ccccc45)cc3)n2)cc1. The van der Waals surface area contributed by atoms with Crippen LogP contribution in [0.3, 0.4) is 0 Å². The predicted molar refractivity (Wildman–Crippen MR) is 215 cm³/mol. The zero-order valence-corrected chi connectivity index (χ0v) is 28.3. The highest BCUT2D eigenvalue weighted by Gasteiger charge is 2.19. The average Bonchev–Trinajstić information content (AvgIpc) is 3.60. The fraction of sp³-hybridized carbons (Fsp3) is 0. The van der Waals surface area contributed by atoms with Crippen LogP contribution in [0.15, 0.2) is 176 Å². The highest BCUT2D eigenvalue weighted by atomic mass is 32.1. The molecule has 3 aromatic heterocycles. The van der Waals surface area contributed by atoms with Crippen LogP contribution in [0.2, 0.25) is 0 Å². The normalized spacial score (nSPS) is 11.5. The van der Waals surface area contributed by atoms with Gasteiger partial charge in [-0.15, -0.1) is 11.3 Å². The summed E-state index contributed by atoms with van der Waals surface area (Å²) >= 11 is 1.82. The Morgan fingerprint density at radius 1 is 0.392 bits per heavy atom. The lowest BCUT2D eigenvalue weighted by molar-refractivity contribution is 1.18. The maximum Gasteiger partial charge on any atom is 0.160 e. The molecule has 0 saturated carbocycles. The van der Waals surface area contributed by atoms with Gasteiger partial charge in [0.05, 0.1) is 27.3 Å². The minimum absolute atomic E-state index is 0.695. The van der Waals surface area contributed by atoms with E-state index in [0.717, 1.165) is 44.9 Å². The lowest BCUT2D eigenvalue weighted by atomic mass is 9.94. The second kappa shape index (κ2) is 12.1. The van der Waals surface area contributed by atoms with Crippen molar-refractivity contribution in [2.45, 2.75) is 0 Å². The van der Waals surface area contributed by atoms with Crippen molar-refractivity contribution in [2.24, 2.45) is 0 Å². The molecule has 0 N–H and O–H groups in total. The third kappa shape index (κ3) is 5.16. The van der Waals surface area contributed by atoms with E-state index in [-0.39, 0.29) is 0 Å². The maximum atomic E-state index is 5.41. The quantitative estimate of drug-likeness (QED) is 0.183. The predicted octanol–water partition coefficient (Wildman–Crippen LogP) is 12.9. The molecule has 0 aliphatic heterocycles. The van der Waals surface area contributed by atoms with E-state index in [1.54, 1.807) is 0 Å². The maximum absolute atomic E-state index is 5.41. The third-order valence-corrected chi connectivity index (χ3v) is 10.9. The molecule has 238 valence electrons. The monoisotopic (exact) mass is 667 g/mol. The Balaban J connectivity index is 1.14. The first-order valence-corrected chi connectivity index (χ1v) is 17.9. The number of benzene rings is 7. The van der Waals surface area contributed by atoms with Crippen molar-refractivity contribution in [1.29, 1.82) is 0 Å². The van der Waals surface area contributed by atoms with Crippen molar-refractivity contribution in [2.75, 3.05) is 0 Å². The first-order chi connectivity index (χ1) is 25.3. The molecule has 10 rings (SSSR count). The van der Waals surface area contributed by atoms with Gasteiger partial charge in [0.2, 0.25) is 0 Å². The molecule has 0 radical (unpaired) electrons. The molecule has 0 aliphatic carbocycles. The fourth-order valence-corrected chi connectivity index (χ4v) is 8.41. The summed E-state index contributed by atoms with van der Waals surface area (Å²) in [6, 6.07) is 61.9. The largest absolute Gasteiger partial charge is 0.246 e. The summed E-state index contributed by atoms with van der Waals surface area (Å²) in [4.78, 5) is 15.5. The number of nitrogens with zero attached hydrogens (tertiary/aromatic N) is 3. The van der Waals surface area contributed by atoms with Gasteiger partial charge in [-0.25, -0.2) is 15.0 Å². The summed E-state index contributed by atoms with van der Waals surface area (Å²) in [5.41, 5.74) is 10.3. The fourth-order valence-electron chi connectivity index (χ4n) is 7.19. The molecule has 3 heterocycles. The molecule has 0 atom stereocenters. The molecular formula is C47H29N3S. The van der Waals surface area contributed by atoms with Gasteiger partial charge >= 0.3 is 0 Å². The molecule has 51 heavy (non-hydrogen) atoms. The van der Waals surface area contributed by atoms with Crippen molar-refractivity contribution in [3.8, 4) is 56.3 Å². The topological polar surface area (TPSA) is 38.7 Å². The van der Waals surface area contributed by atoms with Crippen LogP contribution in [0.5, 0.6) is 0 Å². The minimum atomic E-state index is 0.695. The molecule has 0 fully saturated rings. The van der Waals surface area contributed by atoms with Crippen molar-refractivity contribution in [3.05, 3.63) is 176 Å². The van der Waals surface area contributed by atoms with E-state index < -0.39 is 0 Å². The second-order valence-corrected chi connectivity index (χ2v) is 13.8. The summed E-state index contributed by atoms with van der Waals surface area (Å²) in [5, 5.41) is 6.19. The first kappa shape index (κ1) is 29.4. The third-order valence-electron chi connectivity index (χ3n) is 9.68. The van der Waals surface area contributed by atoms with Gasteiger partial charge in [-0.1, -0.05) is 152 Å². The van der Waals surface area contributed by atoms with Crippen LogP contribution in [0.4, 0.5) is 0 Å². The van der Waals surface area contributed by atoms with E-state index in [9.17, 15) is 0 Å². The van der Waals surface area contributed by atoms with Gasteiger partial charge in [0.25, 0.3) is 0 Å². The molecule has 0 unspecified atom stereocenters. The molecule has 0 amide bonds. The number of thiophene rings is 1. The van der Waals surface area contributed by atoms with Gasteiger partial charge < -0.3 is 0 Å². The van der Waals surface area contributed by atoms with Crippen LogP contribution < -0.4 is 0 Å². The highest BCUT2D eigenvalue weighted by Crippen LogP contribution is 2.45. The molecule has 10 aromatic rings. The van der Waals surface area contributed by atoms with Crippen LogP contribution in [0, 0.1) is 0 Å². The van der Waals surface area contributed by atoms with Crippen LogP contribution in [-0.2, 0) is 0 Å². The Hall–Kier alpha value is -6.49. The van der Waals surface area contributed by atoms with Gasteiger partial charge in [-0.2, -0.15) is 0 Å². The highest BCUT2D eigenvalue weighted by molar-refractivity contribution is 7.26. The van der Waals surface area contributed by atoms with Crippen LogP contribution in [0.1, 0.15) is 0 Å². The molecule has 3 nitrogen and oxygen atoms in total. The number of fused-ring (bicyclic) bond motifs is 6. The Kier molecular flexibility index (Phi) is 7.00. The number of hydrogen-bond donors (Lipinski definition) is 0. The Labute approximate surface area is 299 Å². The smallest absolute Gasteiger partial charge is 0.160 e. The van der Waals surface area contributed by atoms with Gasteiger partial charge in [-0.3, -0.25) is 0 Å². The minimum Gasteiger partial charge on any atom is -0.246 e. The molecule has 0 aliphatic rings. The zero-order valence-electron chi connectivity index (χ0n) is 27.5. The lowest BCUT2D eigenvalue weighted by Gasteiger charge is -2.13. The van der Waals surface area contributed by atoms with Crippen LogP contribution in [0.25, 0.3) is 98.1 Å². The number of rotatable bonds is 5. The number of pyridine rings is 1.